The maximum absolute atomic E-state index is 13.7. The highest BCUT2D eigenvalue weighted by molar-refractivity contribution is 6.30. The van der Waals surface area contributed by atoms with Gasteiger partial charge in [0.15, 0.2) is 0 Å². The number of nitriles is 1. The van der Waals surface area contributed by atoms with E-state index in [-0.39, 0.29) is 5.82 Å². The average Bonchev–Trinajstić information content (AvgIpc) is 2.34. The molecular formula is C13H13ClFNO. The molecule has 17 heavy (non-hydrogen) atoms. The number of ether oxygens (including phenoxy) is 1. The molecule has 90 valence electrons. The SMILES string of the molecule is N#CC1(Cc2ccc(Cl)cc2F)CCCOC1. The summed E-state index contributed by atoms with van der Waals surface area (Å²) in [6.45, 7) is 1.07. The van der Waals surface area contributed by atoms with Crippen LogP contribution in [0.5, 0.6) is 0 Å². The summed E-state index contributed by atoms with van der Waals surface area (Å²) in [5, 5.41) is 9.64. The lowest BCUT2D eigenvalue weighted by molar-refractivity contribution is 0.0220. The van der Waals surface area contributed by atoms with E-state index >= 15 is 0 Å². The molecule has 1 aromatic carbocycles. The van der Waals surface area contributed by atoms with Gasteiger partial charge in [0.25, 0.3) is 0 Å². The van der Waals surface area contributed by atoms with Crippen LogP contribution in [0.3, 0.4) is 0 Å². The largest absolute Gasteiger partial charge is 0.380 e. The van der Waals surface area contributed by atoms with E-state index in [1.807, 2.05) is 0 Å². The van der Waals surface area contributed by atoms with Gasteiger partial charge in [0.05, 0.1) is 18.1 Å². The molecule has 1 aliphatic heterocycles. The van der Waals surface area contributed by atoms with Crippen LogP contribution in [0.2, 0.25) is 5.02 Å². The Labute approximate surface area is 105 Å². The Balaban J connectivity index is 2.21. The first-order valence-corrected chi connectivity index (χ1v) is 5.96. The molecule has 0 bridgehead atoms. The van der Waals surface area contributed by atoms with Gasteiger partial charge >= 0.3 is 0 Å². The summed E-state index contributed by atoms with van der Waals surface area (Å²) in [5.41, 5.74) is -0.0612. The van der Waals surface area contributed by atoms with Crippen molar-refractivity contribution in [2.24, 2.45) is 5.41 Å². The molecule has 0 amide bonds. The number of benzene rings is 1. The van der Waals surface area contributed by atoms with Crippen molar-refractivity contribution in [1.82, 2.24) is 0 Å². The van der Waals surface area contributed by atoms with Gasteiger partial charge in [0.1, 0.15) is 5.82 Å². The lowest BCUT2D eigenvalue weighted by Gasteiger charge is -2.30. The number of rotatable bonds is 2. The van der Waals surface area contributed by atoms with Gasteiger partial charge in [-0.3, -0.25) is 0 Å². The Morgan fingerprint density at radius 1 is 1.53 bits per heavy atom. The Morgan fingerprint density at radius 3 is 2.94 bits per heavy atom. The smallest absolute Gasteiger partial charge is 0.127 e. The van der Waals surface area contributed by atoms with Crippen molar-refractivity contribution >= 4 is 11.6 Å². The Bertz CT molecular complexity index is 449. The van der Waals surface area contributed by atoms with E-state index in [2.05, 4.69) is 6.07 Å². The van der Waals surface area contributed by atoms with E-state index in [4.69, 9.17) is 16.3 Å². The van der Waals surface area contributed by atoms with Crippen molar-refractivity contribution in [3.05, 3.63) is 34.6 Å². The third-order valence-corrected chi connectivity index (χ3v) is 3.34. The van der Waals surface area contributed by atoms with E-state index < -0.39 is 5.41 Å². The second-order valence-corrected chi connectivity index (χ2v) is 4.90. The molecule has 4 heteroatoms. The van der Waals surface area contributed by atoms with Gasteiger partial charge in [-0.1, -0.05) is 17.7 Å². The zero-order valence-electron chi connectivity index (χ0n) is 9.38. The summed E-state index contributed by atoms with van der Waals surface area (Å²) in [6, 6.07) is 6.86. The van der Waals surface area contributed by atoms with Gasteiger partial charge in [0.2, 0.25) is 0 Å². The summed E-state index contributed by atoms with van der Waals surface area (Å²) in [7, 11) is 0. The highest BCUT2D eigenvalue weighted by Crippen LogP contribution is 2.33. The molecule has 0 aliphatic carbocycles. The topological polar surface area (TPSA) is 33.0 Å². The van der Waals surface area contributed by atoms with Crippen LogP contribution < -0.4 is 0 Å². The van der Waals surface area contributed by atoms with Crippen molar-refractivity contribution in [2.45, 2.75) is 19.3 Å². The third-order valence-electron chi connectivity index (χ3n) is 3.10. The molecule has 1 heterocycles. The molecule has 1 aromatic rings. The summed E-state index contributed by atoms with van der Waals surface area (Å²) in [6.07, 6.45) is 1.99. The van der Waals surface area contributed by atoms with E-state index in [1.54, 1.807) is 12.1 Å². The summed E-state index contributed by atoms with van der Waals surface area (Å²) < 4.78 is 19.0. The van der Waals surface area contributed by atoms with Crippen LogP contribution in [-0.4, -0.2) is 13.2 Å². The van der Waals surface area contributed by atoms with Gasteiger partial charge in [-0.05, 0) is 37.0 Å². The second kappa shape index (κ2) is 5.03. The van der Waals surface area contributed by atoms with Crippen molar-refractivity contribution in [1.29, 1.82) is 5.26 Å². The first-order chi connectivity index (χ1) is 8.15. The van der Waals surface area contributed by atoms with Crippen LogP contribution in [0.15, 0.2) is 18.2 Å². The van der Waals surface area contributed by atoms with E-state index in [1.165, 1.54) is 6.07 Å². The lowest BCUT2D eigenvalue weighted by Crippen LogP contribution is -2.32. The van der Waals surface area contributed by atoms with E-state index in [9.17, 15) is 9.65 Å². The molecule has 0 radical (unpaired) electrons. The minimum atomic E-state index is -0.590. The monoisotopic (exact) mass is 253 g/mol. The normalized spacial score (nSPS) is 24.3. The minimum absolute atomic E-state index is 0.349. The number of nitrogens with zero attached hydrogens (tertiary/aromatic N) is 1. The van der Waals surface area contributed by atoms with Crippen LogP contribution in [0.1, 0.15) is 18.4 Å². The molecule has 0 N–H and O–H groups in total. The van der Waals surface area contributed by atoms with Gasteiger partial charge in [-0.2, -0.15) is 5.26 Å². The highest BCUT2D eigenvalue weighted by atomic mass is 35.5. The summed E-state index contributed by atoms with van der Waals surface area (Å²) >= 11 is 5.70. The van der Waals surface area contributed by atoms with Crippen LogP contribution in [0.4, 0.5) is 4.39 Å². The van der Waals surface area contributed by atoms with Gasteiger partial charge in [0, 0.05) is 11.6 Å². The molecule has 0 spiro atoms. The van der Waals surface area contributed by atoms with Crippen LogP contribution >= 0.6 is 11.6 Å². The summed E-state index contributed by atoms with van der Waals surface area (Å²) in [5.74, 6) is -0.349. The maximum Gasteiger partial charge on any atom is 0.127 e. The zero-order valence-corrected chi connectivity index (χ0v) is 10.1. The Morgan fingerprint density at radius 2 is 2.35 bits per heavy atom. The number of hydrogen-bond donors (Lipinski definition) is 0. The molecule has 1 unspecified atom stereocenters. The van der Waals surface area contributed by atoms with Gasteiger partial charge in [-0.15, -0.1) is 0 Å². The first kappa shape index (κ1) is 12.3. The highest BCUT2D eigenvalue weighted by Gasteiger charge is 2.34. The fraction of sp³-hybridized carbons (Fsp3) is 0.462. The quantitative estimate of drug-likeness (QED) is 0.810. The molecule has 1 aliphatic rings. The Hall–Kier alpha value is -1.11. The second-order valence-electron chi connectivity index (χ2n) is 4.46. The Kier molecular flexibility index (Phi) is 3.66. The molecule has 0 aromatic heterocycles. The van der Waals surface area contributed by atoms with Crippen LogP contribution in [0, 0.1) is 22.6 Å². The van der Waals surface area contributed by atoms with Crippen molar-refractivity contribution < 1.29 is 9.13 Å². The fourth-order valence-corrected chi connectivity index (χ4v) is 2.31. The molecule has 1 saturated heterocycles. The van der Waals surface area contributed by atoms with Gasteiger partial charge < -0.3 is 4.74 Å². The number of halogens is 2. The van der Waals surface area contributed by atoms with Crippen molar-refractivity contribution in [2.75, 3.05) is 13.2 Å². The van der Waals surface area contributed by atoms with Crippen LogP contribution in [0.25, 0.3) is 0 Å². The predicted octanol–water partition coefficient (Wildman–Crippen LogP) is 3.34. The maximum atomic E-state index is 13.7. The van der Waals surface area contributed by atoms with Crippen molar-refractivity contribution in [3.63, 3.8) is 0 Å². The molecule has 2 rings (SSSR count). The fourth-order valence-electron chi connectivity index (χ4n) is 2.15. The number of hydrogen-bond acceptors (Lipinski definition) is 2. The molecule has 1 atom stereocenters. The summed E-state index contributed by atoms with van der Waals surface area (Å²) in [4.78, 5) is 0. The lowest BCUT2D eigenvalue weighted by atomic mass is 9.78. The molecule has 0 saturated carbocycles. The predicted molar refractivity (Wildman–Crippen MR) is 63.2 cm³/mol. The third kappa shape index (κ3) is 2.77. The van der Waals surface area contributed by atoms with E-state index in [0.29, 0.717) is 30.2 Å². The van der Waals surface area contributed by atoms with Crippen LogP contribution in [-0.2, 0) is 11.2 Å². The molecule has 1 fully saturated rings. The molecule has 2 nitrogen and oxygen atoms in total. The minimum Gasteiger partial charge on any atom is -0.380 e. The average molecular weight is 254 g/mol. The first-order valence-electron chi connectivity index (χ1n) is 5.58. The van der Waals surface area contributed by atoms with E-state index in [0.717, 1.165) is 12.8 Å². The molecular weight excluding hydrogens is 241 g/mol. The van der Waals surface area contributed by atoms with Gasteiger partial charge in [-0.25, -0.2) is 4.39 Å². The zero-order chi connectivity index (χ0) is 12.3. The van der Waals surface area contributed by atoms with Crippen molar-refractivity contribution in [3.8, 4) is 6.07 Å². The standard InChI is InChI=1S/C13H13ClFNO/c14-11-3-2-10(12(15)6-11)7-13(8-16)4-1-5-17-9-13/h2-3,6H,1,4-5,7,9H2.